The van der Waals surface area contributed by atoms with E-state index in [9.17, 15) is 18.0 Å². The minimum absolute atomic E-state index is 0.0829. The summed E-state index contributed by atoms with van der Waals surface area (Å²) in [4.78, 5) is 12.6. The maximum atomic E-state index is 11.8. The molecule has 1 aliphatic rings. The van der Waals surface area contributed by atoms with Gasteiger partial charge in [-0.15, -0.1) is 0 Å². The molecule has 1 unspecified atom stereocenters. The zero-order chi connectivity index (χ0) is 13.6. The monoisotopic (exact) mass is 269 g/mol. The second-order valence-electron chi connectivity index (χ2n) is 4.57. The Labute approximate surface area is 104 Å². The van der Waals surface area contributed by atoms with Gasteiger partial charge in [0, 0.05) is 26.1 Å². The summed E-state index contributed by atoms with van der Waals surface area (Å²) in [5.74, 6) is -0.631. The molecule has 106 valence electrons. The SMILES string of the molecule is O=C(O)CC1CCN(CCCOCC(F)(F)F)C1. The van der Waals surface area contributed by atoms with Crippen molar-refractivity contribution in [3.05, 3.63) is 0 Å². The van der Waals surface area contributed by atoms with Crippen molar-refractivity contribution in [1.29, 1.82) is 0 Å². The highest BCUT2D eigenvalue weighted by atomic mass is 19.4. The highest BCUT2D eigenvalue weighted by molar-refractivity contribution is 5.67. The summed E-state index contributed by atoms with van der Waals surface area (Å²) >= 11 is 0. The van der Waals surface area contributed by atoms with Gasteiger partial charge in [-0.1, -0.05) is 0 Å². The Morgan fingerprint density at radius 1 is 1.44 bits per heavy atom. The fourth-order valence-electron chi connectivity index (χ4n) is 2.11. The van der Waals surface area contributed by atoms with Crippen molar-refractivity contribution in [3.63, 3.8) is 0 Å². The van der Waals surface area contributed by atoms with Gasteiger partial charge in [0.05, 0.1) is 0 Å². The summed E-state index contributed by atoms with van der Waals surface area (Å²) in [5.41, 5.74) is 0. The maximum absolute atomic E-state index is 11.8. The van der Waals surface area contributed by atoms with Crippen LogP contribution in [0.15, 0.2) is 0 Å². The number of halogens is 3. The molecule has 1 N–H and O–H groups in total. The Hall–Kier alpha value is -0.820. The number of hydrogen-bond donors (Lipinski definition) is 1. The molecule has 1 fully saturated rings. The van der Waals surface area contributed by atoms with Crippen molar-refractivity contribution in [1.82, 2.24) is 4.90 Å². The lowest BCUT2D eigenvalue weighted by atomic mass is 10.1. The summed E-state index contributed by atoms with van der Waals surface area (Å²) in [5, 5.41) is 8.64. The zero-order valence-electron chi connectivity index (χ0n) is 10.1. The predicted octanol–water partition coefficient (Wildman–Crippen LogP) is 1.75. The van der Waals surface area contributed by atoms with Gasteiger partial charge < -0.3 is 14.7 Å². The smallest absolute Gasteiger partial charge is 0.411 e. The van der Waals surface area contributed by atoms with Crippen molar-refractivity contribution in [3.8, 4) is 0 Å². The number of rotatable bonds is 7. The molecule has 18 heavy (non-hydrogen) atoms. The Morgan fingerprint density at radius 2 is 2.17 bits per heavy atom. The van der Waals surface area contributed by atoms with Gasteiger partial charge in [0.15, 0.2) is 0 Å². The number of alkyl halides is 3. The number of nitrogens with zero attached hydrogens (tertiary/aromatic N) is 1. The topological polar surface area (TPSA) is 49.8 Å². The van der Waals surface area contributed by atoms with Crippen LogP contribution in [0.2, 0.25) is 0 Å². The van der Waals surface area contributed by atoms with Crippen LogP contribution in [-0.4, -0.2) is 55.0 Å². The van der Waals surface area contributed by atoms with E-state index in [1.807, 2.05) is 0 Å². The second kappa shape index (κ2) is 6.94. The third-order valence-corrected chi connectivity index (χ3v) is 2.86. The van der Waals surface area contributed by atoms with E-state index in [2.05, 4.69) is 9.64 Å². The quantitative estimate of drug-likeness (QED) is 0.715. The molecular weight excluding hydrogens is 251 g/mol. The molecule has 0 spiro atoms. The highest BCUT2D eigenvalue weighted by Crippen LogP contribution is 2.19. The molecule has 0 aromatic heterocycles. The first kappa shape index (κ1) is 15.2. The number of carboxylic acids is 1. The summed E-state index contributed by atoms with van der Waals surface area (Å²) < 4.78 is 39.8. The Kier molecular flexibility index (Phi) is 5.87. The number of hydrogen-bond acceptors (Lipinski definition) is 3. The fraction of sp³-hybridized carbons (Fsp3) is 0.909. The molecule has 0 amide bonds. The van der Waals surface area contributed by atoms with Crippen LogP contribution in [0.4, 0.5) is 13.2 Å². The first-order chi connectivity index (χ1) is 8.37. The van der Waals surface area contributed by atoms with Gasteiger partial charge in [-0.2, -0.15) is 13.2 Å². The van der Waals surface area contributed by atoms with Crippen LogP contribution in [-0.2, 0) is 9.53 Å². The van der Waals surface area contributed by atoms with Crippen molar-refractivity contribution >= 4 is 5.97 Å². The van der Waals surface area contributed by atoms with Gasteiger partial charge in [0.25, 0.3) is 0 Å². The molecule has 7 heteroatoms. The van der Waals surface area contributed by atoms with Crippen molar-refractivity contribution in [2.45, 2.75) is 25.4 Å². The molecule has 0 saturated carbocycles. The van der Waals surface area contributed by atoms with E-state index >= 15 is 0 Å². The van der Waals surface area contributed by atoms with Crippen LogP contribution in [0.1, 0.15) is 19.3 Å². The van der Waals surface area contributed by atoms with Crippen LogP contribution in [0, 0.1) is 5.92 Å². The molecule has 4 nitrogen and oxygen atoms in total. The van der Waals surface area contributed by atoms with Crippen molar-refractivity contribution in [2.75, 3.05) is 32.8 Å². The third-order valence-electron chi connectivity index (χ3n) is 2.86. The summed E-state index contributed by atoms with van der Waals surface area (Å²) in [6.45, 7) is 1.07. The standard InChI is InChI=1S/C11H18F3NO3/c12-11(13,14)8-18-5-1-3-15-4-2-9(7-15)6-10(16)17/h9H,1-8H2,(H,16,17). The van der Waals surface area contributed by atoms with E-state index in [0.717, 1.165) is 13.0 Å². The fourth-order valence-corrected chi connectivity index (χ4v) is 2.11. The van der Waals surface area contributed by atoms with E-state index in [0.29, 0.717) is 19.5 Å². The van der Waals surface area contributed by atoms with Gasteiger partial charge >= 0.3 is 12.1 Å². The van der Waals surface area contributed by atoms with Gasteiger partial charge in [-0.25, -0.2) is 0 Å². The van der Waals surface area contributed by atoms with Crippen LogP contribution in [0.3, 0.4) is 0 Å². The predicted molar refractivity (Wildman–Crippen MR) is 58.3 cm³/mol. The highest BCUT2D eigenvalue weighted by Gasteiger charge is 2.27. The van der Waals surface area contributed by atoms with Crippen LogP contribution in [0.5, 0.6) is 0 Å². The van der Waals surface area contributed by atoms with Gasteiger partial charge in [-0.3, -0.25) is 4.79 Å². The van der Waals surface area contributed by atoms with E-state index in [1.54, 1.807) is 0 Å². The van der Waals surface area contributed by atoms with Crippen molar-refractivity contribution < 1.29 is 27.8 Å². The van der Waals surface area contributed by atoms with Gasteiger partial charge in [0.1, 0.15) is 6.61 Å². The lowest BCUT2D eigenvalue weighted by Crippen LogP contribution is -2.24. The molecule has 0 bridgehead atoms. The molecule has 1 saturated heterocycles. The lowest BCUT2D eigenvalue weighted by Gasteiger charge is -2.15. The van der Waals surface area contributed by atoms with E-state index in [-0.39, 0.29) is 18.9 Å². The molecular formula is C11H18F3NO3. The Morgan fingerprint density at radius 3 is 2.78 bits per heavy atom. The van der Waals surface area contributed by atoms with Gasteiger partial charge in [-0.05, 0) is 25.3 Å². The summed E-state index contributed by atoms with van der Waals surface area (Å²) in [6, 6.07) is 0. The normalized spacial score (nSPS) is 21.4. The molecule has 0 aromatic rings. The largest absolute Gasteiger partial charge is 0.481 e. The zero-order valence-corrected chi connectivity index (χ0v) is 10.1. The Balaban J connectivity index is 2.02. The second-order valence-corrected chi connectivity index (χ2v) is 4.57. The molecule has 0 aromatic carbocycles. The number of aliphatic carboxylic acids is 1. The number of ether oxygens (including phenoxy) is 1. The minimum atomic E-state index is -4.26. The maximum Gasteiger partial charge on any atom is 0.411 e. The summed E-state index contributed by atoms with van der Waals surface area (Å²) in [7, 11) is 0. The average Bonchev–Trinajstić information content (AvgIpc) is 2.62. The molecule has 0 aliphatic carbocycles. The average molecular weight is 269 g/mol. The number of carbonyl (C=O) groups is 1. The van der Waals surface area contributed by atoms with Crippen LogP contribution < -0.4 is 0 Å². The first-order valence-electron chi connectivity index (χ1n) is 5.95. The summed E-state index contributed by atoms with van der Waals surface area (Å²) in [6.07, 6.45) is -2.72. The van der Waals surface area contributed by atoms with Crippen molar-refractivity contribution in [2.24, 2.45) is 5.92 Å². The molecule has 1 atom stereocenters. The van der Waals surface area contributed by atoms with E-state index in [4.69, 9.17) is 5.11 Å². The molecule has 1 aliphatic heterocycles. The lowest BCUT2D eigenvalue weighted by molar-refractivity contribution is -0.174. The van der Waals surface area contributed by atoms with Gasteiger partial charge in [0.2, 0.25) is 0 Å². The van der Waals surface area contributed by atoms with Crippen LogP contribution in [0.25, 0.3) is 0 Å². The first-order valence-corrected chi connectivity index (χ1v) is 5.95. The Bertz CT molecular complexity index is 271. The van der Waals surface area contributed by atoms with E-state index in [1.165, 1.54) is 0 Å². The van der Waals surface area contributed by atoms with Crippen LogP contribution >= 0.6 is 0 Å². The van der Waals surface area contributed by atoms with E-state index < -0.39 is 18.8 Å². The molecule has 1 heterocycles. The molecule has 1 rings (SSSR count). The number of carboxylic acid groups (broad SMARTS) is 1. The number of likely N-dealkylation sites (tertiary alicyclic amines) is 1. The minimum Gasteiger partial charge on any atom is -0.481 e. The third kappa shape index (κ3) is 6.80. The molecule has 0 radical (unpaired) electrons.